The number of nitrogens with one attached hydrogen (secondary N) is 1. The van der Waals surface area contributed by atoms with Crippen molar-refractivity contribution >= 4 is 18.0 Å². The fraction of sp³-hybridized carbons (Fsp3) is 0.400. The van der Waals surface area contributed by atoms with Crippen LogP contribution in [-0.4, -0.2) is 22.8 Å². The average Bonchev–Trinajstić information content (AvgIpc) is 1.90. The minimum Gasteiger partial charge on any atom is -0.344 e. The van der Waals surface area contributed by atoms with Gasteiger partial charge in [0.25, 0.3) is 5.18 Å². The SMILES string of the molecule is CSC1(O)N=CC=CN1. The second-order valence-corrected chi connectivity index (χ2v) is 2.57. The zero-order valence-electron chi connectivity index (χ0n) is 5.03. The highest BCUT2D eigenvalue weighted by Crippen LogP contribution is 2.17. The number of allylic oxidation sites excluding steroid dienone is 1. The molecule has 50 valence electrons. The molecule has 1 heterocycles. The first-order valence-corrected chi connectivity index (χ1v) is 3.75. The van der Waals surface area contributed by atoms with Gasteiger partial charge in [0, 0.05) is 12.4 Å². The fourth-order valence-electron chi connectivity index (χ4n) is 0.493. The van der Waals surface area contributed by atoms with Gasteiger partial charge < -0.3 is 10.4 Å². The summed E-state index contributed by atoms with van der Waals surface area (Å²) in [7, 11) is 0. The van der Waals surface area contributed by atoms with Crippen molar-refractivity contribution < 1.29 is 5.11 Å². The minimum absolute atomic E-state index is 1.13. The largest absolute Gasteiger partial charge is 0.344 e. The van der Waals surface area contributed by atoms with E-state index in [0.717, 1.165) is 0 Å². The van der Waals surface area contributed by atoms with Crippen LogP contribution in [0.1, 0.15) is 0 Å². The third-order valence-corrected chi connectivity index (χ3v) is 1.78. The second-order valence-electron chi connectivity index (χ2n) is 1.59. The van der Waals surface area contributed by atoms with E-state index in [1.54, 1.807) is 24.7 Å². The van der Waals surface area contributed by atoms with E-state index in [9.17, 15) is 5.11 Å². The summed E-state index contributed by atoms with van der Waals surface area (Å²) in [6.45, 7) is 0. The maximum Gasteiger partial charge on any atom is 0.285 e. The molecule has 0 fully saturated rings. The van der Waals surface area contributed by atoms with Gasteiger partial charge in [-0.25, -0.2) is 4.99 Å². The van der Waals surface area contributed by atoms with E-state index >= 15 is 0 Å². The Labute approximate surface area is 57.9 Å². The molecule has 1 unspecified atom stereocenters. The number of hydrogen-bond acceptors (Lipinski definition) is 4. The normalized spacial score (nSPS) is 32.2. The molecule has 0 amide bonds. The van der Waals surface area contributed by atoms with E-state index < -0.39 is 5.18 Å². The van der Waals surface area contributed by atoms with Gasteiger partial charge in [-0.3, -0.25) is 0 Å². The highest BCUT2D eigenvalue weighted by Gasteiger charge is 2.21. The molecule has 9 heavy (non-hydrogen) atoms. The molecule has 4 heteroatoms. The van der Waals surface area contributed by atoms with Crippen LogP contribution >= 0.6 is 11.8 Å². The van der Waals surface area contributed by atoms with E-state index in [1.165, 1.54) is 11.8 Å². The zero-order valence-corrected chi connectivity index (χ0v) is 5.85. The molecule has 1 aliphatic rings. The number of aliphatic hydroxyl groups is 1. The molecule has 2 N–H and O–H groups in total. The third-order valence-electron chi connectivity index (χ3n) is 0.988. The monoisotopic (exact) mass is 144 g/mol. The van der Waals surface area contributed by atoms with Crippen LogP contribution in [0.15, 0.2) is 17.3 Å². The molecule has 0 aliphatic carbocycles. The van der Waals surface area contributed by atoms with Crippen molar-refractivity contribution in [2.75, 3.05) is 6.26 Å². The lowest BCUT2D eigenvalue weighted by Crippen LogP contribution is -2.37. The summed E-state index contributed by atoms with van der Waals surface area (Å²) in [5, 5.41) is 10.8. The van der Waals surface area contributed by atoms with Gasteiger partial charge in [-0.15, -0.1) is 0 Å². The Morgan fingerprint density at radius 1 is 1.78 bits per heavy atom. The molecule has 0 spiro atoms. The predicted octanol–water partition coefficient (Wildman–Crippen LogP) is 0.141. The van der Waals surface area contributed by atoms with Crippen molar-refractivity contribution in [3.63, 3.8) is 0 Å². The number of thioether (sulfide) groups is 1. The van der Waals surface area contributed by atoms with Crippen molar-refractivity contribution in [1.29, 1.82) is 0 Å². The Morgan fingerprint density at radius 3 is 2.89 bits per heavy atom. The van der Waals surface area contributed by atoms with E-state index in [2.05, 4.69) is 10.3 Å². The molecule has 1 rings (SSSR count). The van der Waals surface area contributed by atoms with Crippen molar-refractivity contribution in [3.05, 3.63) is 12.3 Å². The van der Waals surface area contributed by atoms with Crippen molar-refractivity contribution in [2.45, 2.75) is 5.18 Å². The van der Waals surface area contributed by atoms with Crippen LogP contribution < -0.4 is 5.32 Å². The summed E-state index contributed by atoms with van der Waals surface area (Å²) in [6.07, 6.45) is 6.73. The topological polar surface area (TPSA) is 44.6 Å². The third kappa shape index (κ3) is 1.46. The summed E-state index contributed by atoms with van der Waals surface area (Å²) >= 11 is 1.24. The smallest absolute Gasteiger partial charge is 0.285 e. The van der Waals surface area contributed by atoms with Crippen LogP contribution in [0.4, 0.5) is 0 Å². The van der Waals surface area contributed by atoms with Crippen LogP contribution in [0.5, 0.6) is 0 Å². The van der Waals surface area contributed by atoms with Crippen molar-refractivity contribution in [3.8, 4) is 0 Å². The molecule has 0 aromatic carbocycles. The van der Waals surface area contributed by atoms with E-state index in [0.29, 0.717) is 0 Å². The van der Waals surface area contributed by atoms with E-state index in [1.807, 2.05) is 0 Å². The van der Waals surface area contributed by atoms with Gasteiger partial charge in [-0.05, 0) is 12.3 Å². The Balaban J connectivity index is 2.63. The van der Waals surface area contributed by atoms with Gasteiger partial charge >= 0.3 is 0 Å². The first-order chi connectivity index (χ1) is 4.27. The van der Waals surface area contributed by atoms with Crippen LogP contribution in [0.2, 0.25) is 0 Å². The second kappa shape index (κ2) is 2.41. The van der Waals surface area contributed by atoms with Crippen LogP contribution in [-0.2, 0) is 0 Å². The predicted molar refractivity (Wildman–Crippen MR) is 39.2 cm³/mol. The van der Waals surface area contributed by atoms with Gasteiger partial charge in [0.1, 0.15) is 0 Å². The van der Waals surface area contributed by atoms with E-state index in [-0.39, 0.29) is 0 Å². The lowest BCUT2D eigenvalue weighted by Gasteiger charge is -2.22. The van der Waals surface area contributed by atoms with Crippen LogP contribution in [0.3, 0.4) is 0 Å². The lowest BCUT2D eigenvalue weighted by atomic mass is 10.6. The molecule has 1 atom stereocenters. The van der Waals surface area contributed by atoms with Gasteiger partial charge in [0.05, 0.1) is 0 Å². The highest BCUT2D eigenvalue weighted by atomic mass is 32.2. The van der Waals surface area contributed by atoms with Gasteiger partial charge in [0.2, 0.25) is 0 Å². The van der Waals surface area contributed by atoms with E-state index in [4.69, 9.17) is 0 Å². The summed E-state index contributed by atoms with van der Waals surface area (Å²) < 4.78 is 0. The lowest BCUT2D eigenvalue weighted by molar-refractivity contribution is 0.125. The quantitative estimate of drug-likeness (QED) is 0.514. The standard InChI is InChI=1S/C5H8N2OS/c1-9-5(8)6-3-2-4-7-5/h2-4,6,8H,1H3. The maximum absolute atomic E-state index is 9.28. The summed E-state index contributed by atoms with van der Waals surface area (Å²) in [6, 6.07) is 0. The molecular weight excluding hydrogens is 136 g/mol. The summed E-state index contributed by atoms with van der Waals surface area (Å²) in [4.78, 5) is 3.78. The first kappa shape index (κ1) is 6.64. The molecule has 1 aliphatic heterocycles. The molecule has 0 aromatic rings. The Morgan fingerprint density at radius 2 is 2.56 bits per heavy atom. The van der Waals surface area contributed by atoms with Crippen molar-refractivity contribution in [1.82, 2.24) is 5.32 Å². The Bertz CT molecular complexity index is 157. The van der Waals surface area contributed by atoms with Gasteiger partial charge in [-0.2, -0.15) is 0 Å². The van der Waals surface area contributed by atoms with Crippen molar-refractivity contribution in [2.24, 2.45) is 4.99 Å². The summed E-state index contributed by atoms with van der Waals surface area (Å²) in [5.41, 5.74) is 0. The number of nitrogens with zero attached hydrogens (tertiary/aromatic N) is 1. The number of rotatable bonds is 1. The molecule has 0 radical (unpaired) electrons. The average molecular weight is 144 g/mol. The summed E-state index contributed by atoms with van der Waals surface area (Å²) in [5.74, 6) is 0. The Hall–Kier alpha value is -0.480. The molecule has 0 aromatic heterocycles. The molecular formula is C5H8N2OS. The van der Waals surface area contributed by atoms with Crippen LogP contribution in [0, 0.1) is 0 Å². The van der Waals surface area contributed by atoms with Gasteiger partial charge in [0.15, 0.2) is 0 Å². The zero-order chi connectivity index (χ0) is 6.74. The minimum atomic E-state index is -1.13. The molecule has 0 bridgehead atoms. The first-order valence-electron chi connectivity index (χ1n) is 2.52. The number of aliphatic imine (C=N–C) groups is 1. The van der Waals surface area contributed by atoms with Gasteiger partial charge in [-0.1, -0.05) is 11.8 Å². The molecule has 3 nitrogen and oxygen atoms in total. The maximum atomic E-state index is 9.28. The molecule has 0 saturated carbocycles. The Kier molecular flexibility index (Phi) is 1.78. The molecule has 0 saturated heterocycles. The number of hydrogen-bond donors (Lipinski definition) is 2. The fourth-order valence-corrected chi connectivity index (χ4v) is 0.845. The van der Waals surface area contributed by atoms with Crippen LogP contribution in [0.25, 0.3) is 0 Å². The highest BCUT2D eigenvalue weighted by molar-refractivity contribution is 7.99.